The van der Waals surface area contributed by atoms with E-state index in [9.17, 15) is 13.6 Å². The summed E-state index contributed by atoms with van der Waals surface area (Å²) in [6.45, 7) is 14.3. The number of benzene rings is 2. The van der Waals surface area contributed by atoms with Crippen molar-refractivity contribution in [3.05, 3.63) is 48.2 Å². The molecule has 1 aliphatic carbocycles. The van der Waals surface area contributed by atoms with Crippen LogP contribution in [0.2, 0.25) is 0 Å². The maximum atomic E-state index is 14.1. The minimum atomic E-state index is -2.64. The number of likely N-dealkylation sites (tertiary alicyclic amines) is 2. The van der Waals surface area contributed by atoms with Crippen molar-refractivity contribution in [3.63, 3.8) is 0 Å². The second-order valence-electron chi connectivity index (χ2n) is 15.8. The Morgan fingerprint density at radius 1 is 1.06 bits per heavy atom. The van der Waals surface area contributed by atoms with Crippen molar-refractivity contribution < 1.29 is 18.3 Å². The highest BCUT2D eigenvalue weighted by Crippen LogP contribution is 2.53. The van der Waals surface area contributed by atoms with Crippen molar-refractivity contribution in [2.75, 3.05) is 68.8 Å². The SMILES string of the molecule is C=CC(=O)N1CC2(CCN(c3nc(N4CC(N5CC[C@H](C)C5)C4)nc4c(OCC(F)F)c(-c5c(C)ccc6[nH]ncc56)c(C5CC5)cc34)CC2)C1. The average Bonchev–Trinajstić information content (AvgIpc) is 3.68. The molecule has 4 aromatic rings. The molecule has 1 spiro atoms. The number of ether oxygens (including phenoxy) is 1. The lowest BCUT2D eigenvalue weighted by molar-refractivity contribution is -0.139. The van der Waals surface area contributed by atoms with Crippen LogP contribution in [0.3, 0.4) is 0 Å². The summed E-state index contributed by atoms with van der Waals surface area (Å²) in [5, 5.41) is 9.23. The Morgan fingerprint density at radius 2 is 1.84 bits per heavy atom. The summed E-state index contributed by atoms with van der Waals surface area (Å²) >= 11 is 0. The zero-order valence-corrected chi connectivity index (χ0v) is 29.5. The number of carbonyl (C=O) groups is 1. The number of alkyl halides is 2. The molecule has 0 radical (unpaired) electrons. The normalized spacial score (nSPS) is 22.3. The molecule has 9 rings (SSSR count). The van der Waals surface area contributed by atoms with E-state index >= 15 is 0 Å². The lowest BCUT2D eigenvalue weighted by Gasteiger charge is -2.54. The number of H-pyrrole nitrogens is 1. The largest absolute Gasteiger partial charge is 0.485 e. The number of nitrogens with zero attached hydrogens (tertiary/aromatic N) is 7. The van der Waals surface area contributed by atoms with Gasteiger partial charge >= 0.3 is 0 Å². The molecule has 268 valence electrons. The summed E-state index contributed by atoms with van der Waals surface area (Å²) in [4.78, 5) is 31.8. The molecule has 6 heterocycles. The molecule has 1 atom stereocenters. The lowest BCUT2D eigenvalue weighted by atomic mass is 9.72. The lowest BCUT2D eigenvalue weighted by Crippen LogP contribution is -2.61. The number of anilines is 2. The number of carbonyl (C=O) groups excluding carboxylic acids is 1. The van der Waals surface area contributed by atoms with Crippen LogP contribution in [0.25, 0.3) is 32.9 Å². The molecular formula is C39H46F2N8O2. The third-order valence-electron chi connectivity index (χ3n) is 12.2. The number of hydrogen-bond acceptors (Lipinski definition) is 8. The fourth-order valence-corrected chi connectivity index (χ4v) is 9.04. The van der Waals surface area contributed by atoms with Gasteiger partial charge in [-0.05, 0) is 92.3 Å². The van der Waals surface area contributed by atoms with E-state index in [1.54, 1.807) is 0 Å². The molecule has 2 aromatic carbocycles. The standard InChI is InChI=1S/C39H46F2N8O2/c1-4-32(50)49-21-39(22-49)10-13-46(14-11-39)37-28-15-27(25-6-7-25)34(33-24(3)5-8-30-29(33)16-42-45-30)36(51-20-31(40)41)35(28)43-38(44-37)48-18-26(19-48)47-12-9-23(2)17-47/h4-5,8,15-16,23,25-26,31H,1,6-7,9-14,17-22H2,2-3H3,(H,42,45)/t23-/m0/s1. The van der Waals surface area contributed by atoms with Gasteiger partial charge in [0.25, 0.3) is 6.43 Å². The Bertz CT molecular complexity index is 2010. The van der Waals surface area contributed by atoms with Gasteiger partial charge in [-0.2, -0.15) is 10.1 Å². The average molecular weight is 697 g/mol. The van der Waals surface area contributed by atoms with Gasteiger partial charge in [0.1, 0.15) is 17.9 Å². The summed E-state index contributed by atoms with van der Waals surface area (Å²) in [6.07, 6.45) is 5.74. The van der Waals surface area contributed by atoms with E-state index in [4.69, 9.17) is 14.7 Å². The third-order valence-corrected chi connectivity index (χ3v) is 12.2. The van der Waals surface area contributed by atoms with Crippen molar-refractivity contribution in [3.8, 4) is 16.9 Å². The molecule has 5 fully saturated rings. The van der Waals surface area contributed by atoms with E-state index in [-0.39, 0.29) is 11.3 Å². The molecule has 5 aliphatic rings. The molecule has 1 N–H and O–H groups in total. The molecule has 12 heteroatoms. The molecule has 0 bridgehead atoms. The minimum absolute atomic E-state index is 0.00758. The highest BCUT2D eigenvalue weighted by molar-refractivity contribution is 6.06. The van der Waals surface area contributed by atoms with Crippen molar-refractivity contribution in [2.45, 2.75) is 64.3 Å². The number of aryl methyl sites for hydroxylation is 1. The summed E-state index contributed by atoms with van der Waals surface area (Å²) in [6, 6.07) is 6.75. The molecule has 1 saturated carbocycles. The molecular weight excluding hydrogens is 650 g/mol. The predicted octanol–water partition coefficient (Wildman–Crippen LogP) is 6.15. The second kappa shape index (κ2) is 12.4. The van der Waals surface area contributed by atoms with Crippen LogP contribution in [0, 0.1) is 18.3 Å². The number of rotatable bonds is 9. The van der Waals surface area contributed by atoms with E-state index < -0.39 is 13.0 Å². The number of halogens is 2. The van der Waals surface area contributed by atoms with Gasteiger partial charge in [-0.1, -0.05) is 19.6 Å². The Hall–Kier alpha value is -4.32. The predicted molar refractivity (Wildman–Crippen MR) is 195 cm³/mol. The van der Waals surface area contributed by atoms with Crippen LogP contribution in [-0.4, -0.2) is 107 Å². The Balaban J connectivity index is 1.17. The van der Waals surface area contributed by atoms with Crippen molar-refractivity contribution in [2.24, 2.45) is 11.3 Å². The summed E-state index contributed by atoms with van der Waals surface area (Å²) in [7, 11) is 0. The van der Waals surface area contributed by atoms with Gasteiger partial charge in [-0.25, -0.2) is 13.8 Å². The zero-order chi connectivity index (χ0) is 35.0. The number of aromatic nitrogens is 4. The second-order valence-corrected chi connectivity index (χ2v) is 15.8. The number of hydrogen-bond donors (Lipinski definition) is 1. The van der Waals surface area contributed by atoms with Crippen LogP contribution in [0.4, 0.5) is 20.5 Å². The molecule has 10 nitrogen and oxygen atoms in total. The van der Waals surface area contributed by atoms with Crippen LogP contribution in [-0.2, 0) is 4.79 Å². The minimum Gasteiger partial charge on any atom is -0.485 e. The van der Waals surface area contributed by atoms with Crippen LogP contribution in [0.1, 0.15) is 56.1 Å². The quantitative estimate of drug-likeness (QED) is 0.209. The van der Waals surface area contributed by atoms with E-state index in [1.807, 2.05) is 17.2 Å². The van der Waals surface area contributed by atoms with Crippen molar-refractivity contribution in [1.29, 1.82) is 0 Å². The van der Waals surface area contributed by atoms with Crippen molar-refractivity contribution >= 4 is 39.5 Å². The summed E-state index contributed by atoms with van der Waals surface area (Å²) < 4.78 is 34.4. The first-order valence-electron chi connectivity index (χ1n) is 18.6. The summed E-state index contributed by atoms with van der Waals surface area (Å²) in [5.41, 5.74) is 5.49. The Kier molecular flexibility index (Phi) is 7.94. The van der Waals surface area contributed by atoms with Gasteiger partial charge < -0.3 is 19.4 Å². The van der Waals surface area contributed by atoms with E-state index in [0.717, 1.165) is 122 Å². The first kappa shape index (κ1) is 32.6. The molecule has 4 saturated heterocycles. The molecule has 0 unspecified atom stereocenters. The van der Waals surface area contributed by atoms with Crippen molar-refractivity contribution in [1.82, 2.24) is 30.0 Å². The van der Waals surface area contributed by atoms with Crippen LogP contribution < -0.4 is 14.5 Å². The third kappa shape index (κ3) is 5.70. The van der Waals surface area contributed by atoms with Crippen LogP contribution in [0.5, 0.6) is 5.75 Å². The zero-order valence-electron chi connectivity index (χ0n) is 29.5. The van der Waals surface area contributed by atoms with Gasteiger partial charge in [-0.3, -0.25) is 14.8 Å². The monoisotopic (exact) mass is 696 g/mol. The maximum Gasteiger partial charge on any atom is 0.272 e. The topological polar surface area (TPSA) is 93.7 Å². The number of aromatic amines is 1. The van der Waals surface area contributed by atoms with Crippen LogP contribution >= 0.6 is 0 Å². The molecule has 1 amide bonds. The van der Waals surface area contributed by atoms with Crippen LogP contribution in [0.15, 0.2) is 37.1 Å². The van der Waals surface area contributed by atoms with Gasteiger partial charge in [-0.15, -0.1) is 0 Å². The molecule has 4 aliphatic heterocycles. The smallest absolute Gasteiger partial charge is 0.272 e. The number of nitrogens with one attached hydrogen (secondary N) is 1. The first-order chi connectivity index (χ1) is 24.7. The highest BCUT2D eigenvalue weighted by Gasteiger charge is 2.47. The highest BCUT2D eigenvalue weighted by atomic mass is 19.3. The molecule has 2 aromatic heterocycles. The van der Waals surface area contributed by atoms with Gasteiger partial charge in [0.05, 0.1) is 11.7 Å². The molecule has 51 heavy (non-hydrogen) atoms. The number of fused-ring (bicyclic) bond motifs is 2. The van der Waals surface area contributed by atoms with Gasteiger partial charge in [0, 0.05) is 73.6 Å². The number of piperidine rings is 1. The van der Waals surface area contributed by atoms with Gasteiger partial charge in [0.15, 0.2) is 5.75 Å². The fraction of sp³-hybridized carbons (Fsp3) is 0.538. The fourth-order valence-electron chi connectivity index (χ4n) is 9.04. The Labute approximate surface area is 296 Å². The Morgan fingerprint density at radius 3 is 2.53 bits per heavy atom. The number of amides is 1. The van der Waals surface area contributed by atoms with Gasteiger partial charge in [0.2, 0.25) is 11.9 Å². The summed E-state index contributed by atoms with van der Waals surface area (Å²) in [5.74, 6) is 2.87. The van der Waals surface area contributed by atoms with E-state index in [0.29, 0.717) is 35.1 Å². The maximum absolute atomic E-state index is 14.1. The first-order valence-corrected chi connectivity index (χ1v) is 18.6. The van der Waals surface area contributed by atoms with E-state index in [2.05, 4.69) is 57.5 Å². The van der Waals surface area contributed by atoms with E-state index in [1.165, 1.54) is 12.5 Å².